The maximum absolute atomic E-state index is 8.59. The molecule has 0 bridgehead atoms. The normalized spacial score (nSPS) is 12.0. The minimum atomic E-state index is -0.278. The van der Waals surface area contributed by atoms with E-state index < -0.39 is 0 Å². The molecule has 0 aliphatic carbocycles. The van der Waals surface area contributed by atoms with Crippen molar-refractivity contribution in [2.75, 3.05) is 0 Å². The van der Waals surface area contributed by atoms with Crippen LogP contribution < -0.4 is 5.73 Å². The Labute approximate surface area is 65.1 Å². The quantitative estimate of drug-likeness (QED) is 0.614. The van der Waals surface area contributed by atoms with Gasteiger partial charge in [-0.2, -0.15) is 5.26 Å². The summed E-state index contributed by atoms with van der Waals surface area (Å²) in [7, 11) is 0. The van der Waals surface area contributed by atoms with Gasteiger partial charge in [0.15, 0.2) is 0 Å². The van der Waals surface area contributed by atoms with Crippen molar-refractivity contribution < 1.29 is 0 Å². The number of nitrogens with zero attached hydrogens (tertiary/aromatic N) is 1. The molecule has 3 heteroatoms. The zero-order valence-electron chi connectivity index (χ0n) is 6.04. The van der Waals surface area contributed by atoms with Crippen LogP contribution in [0.3, 0.4) is 0 Å². The van der Waals surface area contributed by atoms with Gasteiger partial charge in [-0.05, 0) is 6.07 Å². The molecule has 3 nitrogen and oxygen atoms in total. The standard InChI is InChI=1S/C8H9N3/c1-2-7(10)8-6(5-9)3-4-11-8/h2-4,7,11H,1,10H2/t7-/m1/s1. The molecule has 0 amide bonds. The largest absolute Gasteiger partial charge is 0.362 e. The van der Waals surface area contributed by atoms with Gasteiger partial charge in [0.1, 0.15) is 6.07 Å². The van der Waals surface area contributed by atoms with E-state index in [2.05, 4.69) is 11.6 Å². The van der Waals surface area contributed by atoms with Gasteiger partial charge >= 0.3 is 0 Å². The lowest BCUT2D eigenvalue weighted by molar-refractivity contribution is 0.872. The smallest absolute Gasteiger partial charge is 0.101 e. The molecule has 1 heterocycles. The van der Waals surface area contributed by atoms with Crippen LogP contribution in [0, 0.1) is 11.3 Å². The van der Waals surface area contributed by atoms with Crippen molar-refractivity contribution in [1.29, 1.82) is 5.26 Å². The Hall–Kier alpha value is -1.53. The average molecular weight is 147 g/mol. The second-order valence-electron chi connectivity index (χ2n) is 2.18. The molecular weight excluding hydrogens is 138 g/mol. The van der Waals surface area contributed by atoms with Gasteiger partial charge in [-0.3, -0.25) is 0 Å². The summed E-state index contributed by atoms with van der Waals surface area (Å²) in [5.41, 5.74) is 6.92. The third-order valence-electron chi connectivity index (χ3n) is 1.49. The molecule has 1 atom stereocenters. The molecule has 0 radical (unpaired) electrons. The van der Waals surface area contributed by atoms with Gasteiger partial charge in [-0.25, -0.2) is 0 Å². The highest BCUT2D eigenvalue weighted by Crippen LogP contribution is 2.13. The topological polar surface area (TPSA) is 65.6 Å². The highest BCUT2D eigenvalue weighted by molar-refractivity contribution is 5.36. The summed E-state index contributed by atoms with van der Waals surface area (Å²) >= 11 is 0. The number of nitrogens with two attached hydrogens (primary N) is 1. The number of hydrogen-bond donors (Lipinski definition) is 2. The molecule has 0 fully saturated rings. The van der Waals surface area contributed by atoms with E-state index in [9.17, 15) is 0 Å². The Morgan fingerprint density at radius 1 is 1.82 bits per heavy atom. The lowest BCUT2D eigenvalue weighted by Gasteiger charge is -2.02. The summed E-state index contributed by atoms with van der Waals surface area (Å²) in [6.07, 6.45) is 3.28. The SMILES string of the molecule is C=C[C@@H](N)c1[nH]ccc1C#N. The van der Waals surface area contributed by atoms with Crippen LogP contribution >= 0.6 is 0 Å². The molecule has 0 aliphatic heterocycles. The maximum atomic E-state index is 8.59. The number of nitriles is 1. The van der Waals surface area contributed by atoms with E-state index in [1.807, 2.05) is 6.07 Å². The fourth-order valence-electron chi connectivity index (χ4n) is 0.873. The van der Waals surface area contributed by atoms with Crippen molar-refractivity contribution >= 4 is 0 Å². The molecule has 0 aromatic carbocycles. The summed E-state index contributed by atoms with van der Waals surface area (Å²) in [4.78, 5) is 2.89. The maximum Gasteiger partial charge on any atom is 0.101 e. The number of aromatic nitrogens is 1. The molecule has 0 unspecified atom stereocenters. The predicted molar refractivity (Wildman–Crippen MR) is 42.6 cm³/mol. The predicted octanol–water partition coefficient (Wildman–Crippen LogP) is 1.07. The van der Waals surface area contributed by atoms with E-state index in [-0.39, 0.29) is 6.04 Å². The van der Waals surface area contributed by atoms with Gasteiger partial charge < -0.3 is 10.7 Å². The van der Waals surface area contributed by atoms with E-state index in [1.165, 1.54) is 0 Å². The second kappa shape index (κ2) is 3.04. The highest BCUT2D eigenvalue weighted by atomic mass is 14.8. The molecule has 0 saturated heterocycles. The summed E-state index contributed by atoms with van der Waals surface area (Å²) in [6.45, 7) is 3.54. The van der Waals surface area contributed by atoms with Crippen molar-refractivity contribution in [3.63, 3.8) is 0 Å². The Bertz CT molecular complexity index is 293. The molecule has 0 spiro atoms. The Morgan fingerprint density at radius 3 is 3.09 bits per heavy atom. The van der Waals surface area contributed by atoms with E-state index in [1.54, 1.807) is 18.3 Å². The zero-order valence-corrected chi connectivity index (χ0v) is 6.04. The molecule has 56 valence electrons. The van der Waals surface area contributed by atoms with Crippen LogP contribution in [0.15, 0.2) is 24.9 Å². The molecule has 1 aromatic rings. The van der Waals surface area contributed by atoms with E-state index in [0.29, 0.717) is 5.56 Å². The van der Waals surface area contributed by atoms with Crippen LogP contribution in [0.5, 0.6) is 0 Å². The van der Waals surface area contributed by atoms with Crippen molar-refractivity contribution in [1.82, 2.24) is 4.98 Å². The number of hydrogen-bond acceptors (Lipinski definition) is 2. The first kappa shape index (κ1) is 7.58. The zero-order chi connectivity index (χ0) is 8.27. The lowest BCUT2D eigenvalue weighted by atomic mass is 10.1. The third-order valence-corrected chi connectivity index (χ3v) is 1.49. The lowest BCUT2D eigenvalue weighted by Crippen LogP contribution is -2.08. The molecule has 1 rings (SSSR count). The van der Waals surface area contributed by atoms with Crippen LogP contribution in [0.2, 0.25) is 0 Å². The average Bonchev–Trinajstić information content (AvgIpc) is 2.50. The minimum absolute atomic E-state index is 0.278. The van der Waals surface area contributed by atoms with Gasteiger partial charge in [0, 0.05) is 6.20 Å². The second-order valence-corrected chi connectivity index (χ2v) is 2.18. The fraction of sp³-hybridized carbons (Fsp3) is 0.125. The van der Waals surface area contributed by atoms with Crippen LogP contribution in [-0.2, 0) is 0 Å². The summed E-state index contributed by atoms with van der Waals surface area (Å²) in [5.74, 6) is 0. The van der Waals surface area contributed by atoms with Gasteiger partial charge in [-0.15, -0.1) is 6.58 Å². The van der Waals surface area contributed by atoms with Crippen molar-refractivity contribution in [3.8, 4) is 6.07 Å². The molecule has 0 aliphatic rings. The first-order valence-electron chi connectivity index (χ1n) is 3.25. The van der Waals surface area contributed by atoms with Crippen LogP contribution in [0.4, 0.5) is 0 Å². The first-order chi connectivity index (χ1) is 5.29. The Morgan fingerprint density at radius 2 is 2.55 bits per heavy atom. The highest BCUT2D eigenvalue weighted by Gasteiger charge is 2.07. The van der Waals surface area contributed by atoms with Gasteiger partial charge in [0.2, 0.25) is 0 Å². The van der Waals surface area contributed by atoms with Crippen LogP contribution in [0.1, 0.15) is 17.3 Å². The van der Waals surface area contributed by atoms with E-state index in [0.717, 1.165) is 5.69 Å². The first-order valence-corrected chi connectivity index (χ1v) is 3.25. The van der Waals surface area contributed by atoms with Crippen LogP contribution in [0.25, 0.3) is 0 Å². The van der Waals surface area contributed by atoms with Crippen LogP contribution in [-0.4, -0.2) is 4.98 Å². The monoisotopic (exact) mass is 147 g/mol. The fourth-order valence-corrected chi connectivity index (χ4v) is 0.873. The third kappa shape index (κ3) is 1.31. The number of aromatic amines is 1. The van der Waals surface area contributed by atoms with E-state index >= 15 is 0 Å². The summed E-state index contributed by atoms with van der Waals surface area (Å²) < 4.78 is 0. The number of nitrogens with one attached hydrogen (secondary N) is 1. The summed E-state index contributed by atoms with van der Waals surface area (Å²) in [6, 6.07) is 3.45. The van der Waals surface area contributed by atoms with Gasteiger partial charge in [0.05, 0.1) is 17.3 Å². The minimum Gasteiger partial charge on any atom is -0.362 e. The van der Waals surface area contributed by atoms with Crippen molar-refractivity contribution in [2.45, 2.75) is 6.04 Å². The number of rotatable bonds is 2. The molecular formula is C8H9N3. The Balaban J connectivity index is 3.04. The Kier molecular flexibility index (Phi) is 2.09. The summed E-state index contributed by atoms with van der Waals surface area (Å²) in [5, 5.41) is 8.59. The van der Waals surface area contributed by atoms with E-state index in [4.69, 9.17) is 11.0 Å². The van der Waals surface area contributed by atoms with Gasteiger partial charge in [-0.1, -0.05) is 6.08 Å². The molecule has 11 heavy (non-hydrogen) atoms. The molecule has 3 N–H and O–H groups in total. The molecule has 1 aromatic heterocycles. The van der Waals surface area contributed by atoms with Crippen molar-refractivity contribution in [2.24, 2.45) is 5.73 Å². The number of H-pyrrole nitrogens is 1. The van der Waals surface area contributed by atoms with Crippen molar-refractivity contribution in [3.05, 3.63) is 36.2 Å². The van der Waals surface area contributed by atoms with Gasteiger partial charge in [0.25, 0.3) is 0 Å². The molecule has 0 saturated carbocycles.